The van der Waals surface area contributed by atoms with Gasteiger partial charge in [-0.1, -0.05) is 32.3 Å². The van der Waals surface area contributed by atoms with Crippen LogP contribution in [-0.2, 0) is 14.3 Å². The molecule has 0 aromatic rings. The lowest BCUT2D eigenvalue weighted by molar-refractivity contribution is -0.164. The standard InChI is InChI=1S/C12H20O5/c1-2-3-4-5-6-7-8-11(15)17-12(16)10(14)9-13/h7-8,10,13-14H,2-6,9H2,1H3. The van der Waals surface area contributed by atoms with Crippen LogP contribution in [0.4, 0.5) is 0 Å². The fraction of sp³-hybridized carbons (Fsp3) is 0.667. The molecule has 98 valence electrons. The summed E-state index contributed by atoms with van der Waals surface area (Å²) in [6.07, 6.45) is 6.31. The van der Waals surface area contributed by atoms with Gasteiger partial charge in [0, 0.05) is 6.08 Å². The molecule has 0 aliphatic carbocycles. The number of unbranched alkanes of at least 4 members (excludes halogenated alkanes) is 4. The first-order valence-corrected chi connectivity index (χ1v) is 5.83. The number of carbonyl (C=O) groups is 2. The molecule has 0 aromatic heterocycles. The normalized spacial score (nSPS) is 12.6. The van der Waals surface area contributed by atoms with Gasteiger partial charge in [0.1, 0.15) is 0 Å². The Morgan fingerprint density at radius 2 is 2.00 bits per heavy atom. The molecule has 2 N–H and O–H groups in total. The van der Waals surface area contributed by atoms with Gasteiger partial charge in [-0.3, -0.25) is 0 Å². The fourth-order valence-electron chi connectivity index (χ4n) is 1.14. The van der Waals surface area contributed by atoms with Crippen LogP contribution in [0.15, 0.2) is 12.2 Å². The summed E-state index contributed by atoms with van der Waals surface area (Å²) in [5.41, 5.74) is 0. The van der Waals surface area contributed by atoms with Crippen LogP contribution in [0.25, 0.3) is 0 Å². The minimum Gasteiger partial charge on any atom is -0.393 e. The number of hydrogen-bond donors (Lipinski definition) is 2. The number of aliphatic hydroxyl groups is 2. The molecule has 0 spiro atoms. The third-order valence-electron chi connectivity index (χ3n) is 2.12. The van der Waals surface area contributed by atoms with Crippen LogP contribution >= 0.6 is 0 Å². The van der Waals surface area contributed by atoms with Gasteiger partial charge >= 0.3 is 11.9 Å². The van der Waals surface area contributed by atoms with Gasteiger partial charge in [-0.25, -0.2) is 9.59 Å². The summed E-state index contributed by atoms with van der Waals surface area (Å²) in [6, 6.07) is 0. The molecule has 5 heteroatoms. The molecule has 0 saturated carbocycles. The molecular formula is C12H20O5. The molecule has 0 radical (unpaired) electrons. The van der Waals surface area contributed by atoms with Gasteiger partial charge in [0.05, 0.1) is 6.61 Å². The van der Waals surface area contributed by atoms with Crippen molar-refractivity contribution < 1.29 is 24.5 Å². The number of esters is 2. The van der Waals surface area contributed by atoms with Gasteiger partial charge in [0.25, 0.3) is 0 Å². The van der Waals surface area contributed by atoms with Crippen molar-refractivity contribution in [2.75, 3.05) is 6.61 Å². The average Bonchev–Trinajstić information content (AvgIpc) is 2.32. The van der Waals surface area contributed by atoms with Crippen molar-refractivity contribution in [1.82, 2.24) is 0 Å². The second kappa shape index (κ2) is 9.99. The smallest absolute Gasteiger partial charge is 0.345 e. The lowest BCUT2D eigenvalue weighted by Crippen LogP contribution is -2.28. The zero-order valence-corrected chi connectivity index (χ0v) is 10.1. The molecule has 0 heterocycles. The first-order valence-electron chi connectivity index (χ1n) is 5.83. The first kappa shape index (κ1) is 15.8. The van der Waals surface area contributed by atoms with E-state index in [1.165, 1.54) is 6.42 Å². The van der Waals surface area contributed by atoms with Crippen molar-refractivity contribution in [2.24, 2.45) is 0 Å². The average molecular weight is 244 g/mol. The summed E-state index contributed by atoms with van der Waals surface area (Å²) in [6.45, 7) is 1.36. The van der Waals surface area contributed by atoms with Crippen molar-refractivity contribution >= 4 is 11.9 Å². The number of hydrogen-bond acceptors (Lipinski definition) is 5. The van der Waals surface area contributed by atoms with Crippen molar-refractivity contribution in [3.05, 3.63) is 12.2 Å². The third-order valence-corrected chi connectivity index (χ3v) is 2.12. The minimum atomic E-state index is -1.66. The van der Waals surface area contributed by atoms with E-state index in [1.54, 1.807) is 6.08 Å². The SMILES string of the molecule is CCCCCCC=CC(=O)OC(=O)C(O)CO. The van der Waals surface area contributed by atoms with E-state index in [-0.39, 0.29) is 0 Å². The van der Waals surface area contributed by atoms with Gasteiger partial charge in [-0.05, 0) is 12.8 Å². The topological polar surface area (TPSA) is 83.8 Å². The molecule has 0 amide bonds. The lowest BCUT2D eigenvalue weighted by Gasteiger charge is -2.03. The van der Waals surface area contributed by atoms with Crippen molar-refractivity contribution in [3.63, 3.8) is 0 Å². The minimum absolute atomic E-state index is 0.756. The number of aliphatic hydroxyl groups excluding tert-OH is 2. The Balaban J connectivity index is 3.71. The van der Waals surface area contributed by atoms with E-state index in [9.17, 15) is 9.59 Å². The molecule has 0 aliphatic rings. The van der Waals surface area contributed by atoms with Gasteiger partial charge in [-0.15, -0.1) is 0 Å². The summed E-state index contributed by atoms with van der Waals surface area (Å²) in [5, 5.41) is 17.3. The maximum atomic E-state index is 11.0. The second-order valence-corrected chi connectivity index (χ2v) is 3.69. The van der Waals surface area contributed by atoms with E-state index >= 15 is 0 Å². The van der Waals surface area contributed by atoms with Crippen molar-refractivity contribution in [1.29, 1.82) is 0 Å². The van der Waals surface area contributed by atoms with E-state index in [2.05, 4.69) is 11.7 Å². The van der Waals surface area contributed by atoms with E-state index in [0.29, 0.717) is 0 Å². The first-order chi connectivity index (χ1) is 8.11. The Hall–Kier alpha value is -1.20. The van der Waals surface area contributed by atoms with E-state index in [4.69, 9.17) is 10.2 Å². The highest BCUT2D eigenvalue weighted by molar-refractivity contribution is 5.93. The van der Waals surface area contributed by atoms with E-state index in [0.717, 1.165) is 31.8 Å². The van der Waals surface area contributed by atoms with Gasteiger partial charge < -0.3 is 14.9 Å². The summed E-state index contributed by atoms with van der Waals surface area (Å²) in [5.74, 6) is -1.95. The molecule has 0 bridgehead atoms. The Labute approximate surface area is 101 Å². The van der Waals surface area contributed by atoms with Crippen LogP contribution in [-0.4, -0.2) is 34.9 Å². The summed E-state index contributed by atoms with van der Waals surface area (Å²) < 4.78 is 4.26. The Morgan fingerprint density at radius 1 is 1.29 bits per heavy atom. The monoisotopic (exact) mass is 244 g/mol. The predicted octanol–water partition coefficient (Wildman–Crippen LogP) is 0.936. The molecule has 0 saturated heterocycles. The lowest BCUT2D eigenvalue weighted by atomic mass is 10.1. The van der Waals surface area contributed by atoms with Crippen molar-refractivity contribution in [3.8, 4) is 0 Å². The van der Waals surface area contributed by atoms with Gasteiger partial charge in [0.15, 0.2) is 6.10 Å². The highest BCUT2D eigenvalue weighted by atomic mass is 16.6. The Kier molecular flexibility index (Phi) is 9.28. The molecular weight excluding hydrogens is 224 g/mol. The Morgan fingerprint density at radius 3 is 2.59 bits per heavy atom. The van der Waals surface area contributed by atoms with Crippen molar-refractivity contribution in [2.45, 2.75) is 45.1 Å². The van der Waals surface area contributed by atoms with E-state index in [1.807, 2.05) is 0 Å². The fourth-order valence-corrected chi connectivity index (χ4v) is 1.14. The number of ether oxygens (including phenoxy) is 1. The molecule has 17 heavy (non-hydrogen) atoms. The summed E-state index contributed by atoms with van der Waals surface area (Å²) in [7, 11) is 0. The van der Waals surface area contributed by atoms with Gasteiger partial charge in [-0.2, -0.15) is 0 Å². The highest BCUT2D eigenvalue weighted by Crippen LogP contribution is 2.03. The van der Waals surface area contributed by atoms with E-state index < -0.39 is 24.6 Å². The maximum absolute atomic E-state index is 11.0. The number of carbonyl (C=O) groups excluding carboxylic acids is 2. The quantitative estimate of drug-likeness (QED) is 0.287. The van der Waals surface area contributed by atoms with Crippen LogP contribution in [0, 0.1) is 0 Å². The molecule has 0 aromatic carbocycles. The number of rotatable bonds is 8. The van der Waals surface area contributed by atoms with Crippen LogP contribution < -0.4 is 0 Å². The maximum Gasteiger partial charge on any atom is 0.345 e. The zero-order chi connectivity index (χ0) is 13.1. The molecule has 1 atom stereocenters. The third kappa shape index (κ3) is 8.59. The van der Waals surface area contributed by atoms with Crippen LogP contribution in [0.2, 0.25) is 0 Å². The summed E-state index contributed by atoms with van der Waals surface area (Å²) in [4.78, 5) is 21.9. The van der Waals surface area contributed by atoms with Crippen LogP contribution in [0.1, 0.15) is 39.0 Å². The van der Waals surface area contributed by atoms with Gasteiger partial charge in [0.2, 0.25) is 0 Å². The predicted molar refractivity (Wildman–Crippen MR) is 62.1 cm³/mol. The second-order valence-electron chi connectivity index (χ2n) is 3.69. The number of allylic oxidation sites excluding steroid dienone is 1. The molecule has 0 rings (SSSR count). The molecule has 0 aliphatic heterocycles. The Bertz CT molecular complexity index is 260. The molecule has 1 unspecified atom stereocenters. The largest absolute Gasteiger partial charge is 0.393 e. The van der Waals surface area contributed by atoms with Crippen LogP contribution in [0.3, 0.4) is 0 Å². The van der Waals surface area contributed by atoms with Crippen LogP contribution in [0.5, 0.6) is 0 Å². The molecule has 5 nitrogen and oxygen atoms in total. The zero-order valence-electron chi connectivity index (χ0n) is 10.1. The summed E-state index contributed by atoms with van der Waals surface area (Å²) >= 11 is 0. The highest BCUT2D eigenvalue weighted by Gasteiger charge is 2.17. The molecule has 0 fully saturated rings.